The van der Waals surface area contributed by atoms with Crippen LogP contribution < -0.4 is 10.1 Å². The standard InChI is InChI=1S/C26H18BrClN2O3/c1-2-32-23-11-9-15(13-20(23)27)25(31)29-16-10-12-24-22(14-16)30-26(33-24)19-7-3-6-18-17(19)5-4-8-21(18)28/h3-14H,2H2,1H3,(H,29,31). The summed E-state index contributed by atoms with van der Waals surface area (Å²) in [5, 5.41) is 5.50. The van der Waals surface area contributed by atoms with Crippen LogP contribution in [-0.4, -0.2) is 17.5 Å². The van der Waals surface area contributed by atoms with Crippen LogP contribution in [0.15, 0.2) is 81.7 Å². The lowest BCUT2D eigenvalue weighted by molar-refractivity contribution is 0.102. The highest BCUT2D eigenvalue weighted by molar-refractivity contribution is 9.10. The molecule has 7 heteroatoms. The summed E-state index contributed by atoms with van der Waals surface area (Å²) in [6, 6.07) is 22.2. The van der Waals surface area contributed by atoms with E-state index in [0.717, 1.165) is 20.8 Å². The second kappa shape index (κ2) is 8.89. The monoisotopic (exact) mass is 520 g/mol. The van der Waals surface area contributed by atoms with Gasteiger partial charge in [-0.15, -0.1) is 0 Å². The molecule has 0 saturated carbocycles. The molecular formula is C26H18BrClN2O3. The molecule has 5 aromatic rings. The van der Waals surface area contributed by atoms with Gasteiger partial charge >= 0.3 is 0 Å². The van der Waals surface area contributed by atoms with E-state index in [2.05, 4.69) is 26.2 Å². The SMILES string of the molecule is CCOc1ccc(C(=O)Nc2ccc3oc(-c4cccc5c(Cl)cccc45)nc3c2)cc1Br. The fourth-order valence-electron chi connectivity index (χ4n) is 3.70. The summed E-state index contributed by atoms with van der Waals surface area (Å²) in [6.07, 6.45) is 0. The minimum Gasteiger partial charge on any atom is -0.493 e. The molecule has 164 valence electrons. The topological polar surface area (TPSA) is 64.4 Å². The zero-order valence-corrected chi connectivity index (χ0v) is 19.9. The molecule has 0 aliphatic rings. The number of carbonyl (C=O) groups is 1. The predicted molar refractivity (Wildman–Crippen MR) is 135 cm³/mol. The number of hydrogen-bond acceptors (Lipinski definition) is 4. The van der Waals surface area contributed by atoms with Crippen molar-refractivity contribution in [1.29, 1.82) is 0 Å². The van der Waals surface area contributed by atoms with Crippen molar-refractivity contribution in [2.45, 2.75) is 6.92 Å². The van der Waals surface area contributed by atoms with Crippen molar-refractivity contribution in [3.05, 3.63) is 87.9 Å². The van der Waals surface area contributed by atoms with Crippen molar-refractivity contribution in [3.8, 4) is 17.2 Å². The first kappa shape index (κ1) is 21.5. The molecule has 0 spiro atoms. The zero-order valence-electron chi connectivity index (χ0n) is 17.6. The number of hydrogen-bond donors (Lipinski definition) is 1. The van der Waals surface area contributed by atoms with Gasteiger partial charge in [0.15, 0.2) is 5.58 Å². The van der Waals surface area contributed by atoms with Crippen molar-refractivity contribution in [3.63, 3.8) is 0 Å². The second-order valence-corrected chi connectivity index (χ2v) is 8.64. The summed E-state index contributed by atoms with van der Waals surface area (Å²) in [7, 11) is 0. The number of ether oxygens (including phenoxy) is 1. The summed E-state index contributed by atoms with van der Waals surface area (Å²) < 4.78 is 12.2. The average Bonchev–Trinajstić information content (AvgIpc) is 3.23. The minimum atomic E-state index is -0.231. The third-order valence-electron chi connectivity index (χ3n) is 5.24. The number of benzene rings is 4. The van der Waals surface area contributed by atoms with Gasteiger partial charge in [-0.3, -0.25) is 4.79 Å². The van der Waals surface area contributed by atoms with Gasteiger partial charge in [-0.1, -0.05) is 35.9 Å². The summed E-state index contributed by atoms with van der Waals surface area (Å²) >= 11 is 9.79. The van der Waals surface area contributed by atoms with Gasteiger partial charge in [0.05, 0.1) is 11.1 Å². The Morgan fingerprint density at radius 2 is 1.88 bits per heavy atom. The first-order valence-electron chi connectivity index (χ1n) is 10.4. The fraction of sp³-hybridized carbons (Fsp3) is 0.0769. The molecule has 4 aromatic carbocycles. The number of rotatable bonds is 5. The van der Waals surface area contributed by atoms with Crippen LogP contribution in [0.3, 0.4) is 0 Å². The molecule has 1 amide bonds. The van der Waals surface area contributed by atoms with Crippen molar-refractivity contribution >= 4 is 61.0 Å². The van der Waals surface area contributed by atoms with Gasteiger partial charge in [0, 0.05) is 27.2 Å². The lowest BCUT2D eigenvalue weighted by atomic mass is 10.0. The van der Waals surface area contributed by atoms with Crippen LogP contribution >= 0.6 is 27.5 Å². The van der Waals surface area contributed by atoms with E-state index in [9.17, 15) is 4.79 Å². The maximum Gasteiger partial charge on any atom is 0.255 e. The van der Waals surface area contributed by atoms with E-state index in [1.807, 2.05) is 43.3 Å². The molecule has 0 aliphatic heterocycles. The maximum absolute atomic E-state index is 12.7. The molecular weight excluding hydrogens is 504 g/mol. The zero-order chi connectivity index (χ0) is 22.9. The molecule has 0 aliphatic carbocycles. The van der Waals surface area contributed by atoms with E-state index in [-0.39, 0.29) is 5.91 Å². The van der Waals surface area contributed by atoms with Crippen LogP contribution in [0.4, 0.5) is 5.69 Å². The molecule has 1 aromatic heterocycles. The third-order valence-corrected chi connectivity index (χ3v) is 6.19. The van der Waals surface area contributed by atoms with Gasteiger partial charge in [0.2, 0.25) is 5.89 Å². The fourth-order valence-corrected chi connectivity index (χ4v) is 4.43. The average molecular weight is 522 g/mol. The lowest BCUT2D eigenvalue weighted by Gasteiger charge is -2.09. The Morgan fingerprint density at radius 1 is 1.06 bits per heavy atom. The van der Waals surface area contributed by atoms with Gasteiger partial charge in [0.25, 0.3) is 5.91 Å². The molecule has 0 unspecified atom stereocenters. The summed E-state index contributed by atoms with van der Waals surface area (Å²) in [5.74, 6) is 0.961. The molecule has 0 fully saturated rings. The lowest BCUT2D eigenvalue weighted by Crippen LogP contribution is -2.12. The van der Waals surface area contributed by atoms with Crippen LogP contribution in [0.2, 0.25) is 5.02 Å². The van der Waals surface area contributed by atoms with Crippen LogP contribution in [0.25, 0.3) is 33.3 Å². The summed E-state index contributed by atoms with van der Waals surface area (Å²) in [5.41, 5.74) is 3.27. The van der Waals surface area contributed by atoms with Gasteiger partial charge in [-0.2, -0.15) is 0 Å². The minimum absolute atomic E-state index is 0.231. The number of carbonyl (C=O) groups excluding carboxylic acids is 1. The molecule has 0 saturated heterocycles. The number of fused-ring (bicyclic) bond motifs is 2. The van der Waals surface area contributed by atoms with Crippen molar-refractivity contribution in [2.75, 3.05) is 11.9 Å². The Labute approximate surface area is 203 Å². The highest BCUT2D eigenvalue weighted by Gasteiger charge is 2.14. The van der Waals surface area contributed by atoms with Crippen LogP contribution in [-0.2, 0) is 0 Å². The highest BCUT2D eigenvalue weighted by Crippen LogP contribution is 2.34. The summed E-state index contributed by atoms with van der Waals surface area (Å²) in [4.78, 5) is 17.4. The van der Waals surface area contributed by atoms with Crippen molar-refractivity contribution in [1.82, 2.24) is 4.98 Å². The predicted octanol–water partition coefficient (Wildman–Crippen LogP) is 7.71. The Balaban J connectivity index is 1.44. The number of nitrogens with one attached hydrogen (secondary N) is 1. The van der Waals surface area contributed by atoms with E-state index in [4.69, 9.17) is 20.8 Å². The Hall–Kier alpha value is -3.35. The van der Waals surface area contributed by atoms with Crippen LogP contribution in [0.1, 0.15) is 17.3 Å². The number of halogens is 2. The second-order valence-electron chi connectivity index (χ2n) is 7.37. The first-order chi connectivity index (χ1) is 16.0. The van der Waals surface area contributed by atoms with Crippen LogP contribution in [0, 0.1) is 0 Å². The molecule has 5 nitrogen and oxygen atoms in total. The largest absolute Gasteiger partial charge is 0.493 e. The van der Waals surface area contributed by atoms with Gasteiger partial charge < -0.3 is 14.5 Å². The highest BCUT2D eigenvalue weighted by atomic mass is 79.9. The number of aromatic nitrogens is 1. The molecule has 5 rings (SSSR count). The van der Waals surface area contributed by atoms with Crippen LogP contribution in [0.5, 0.6) is 5.75 Å². The normalized spacial score (nSPS) is 11.1. The van der Waals surface area contributed by atoms with E-state index >= 15 is 0 Å². The number of anilines is 1. The Kier molecular flexibility index (Phi) is 5.79. The molecule has 0 bridgehead atoms. The quantitative estimate of drug-likeness (QED) is 0.257. The maximum atomic E-state index is 12.7. The smallest absolute Gasteiger partial charge is 0.255 e. The first-order valence-corrected chi connectivity index (χ1v) is 11.5. The number of nitrogens with zero attached hydrogens (tertiary/aromatic N) is 1. The van der Waals surface area contributed by atoms with Crippen molar-refractivity contribution in [2.24, 2.45) is 0 Å². The van der Waals surface area contributed by atoms with E-state index in [0.29, 0.717) is 45.6 Å². The van der Waals surface area contributed by atoms with Gasteiger partial charge in [0.1, 0.15) is 11.3 Å². The number of oxazole rings is 1. The van der Waals surface area contributed by atoms with E-state index in [1.165, 1.54) is 0 Å². The third kappa shape index (κ3) is 4.19. The number of amides is 1. The Bertz CT molecular complexity index is 1510. The van der Waals surface area contributed by atoms with Gasteiger partial charge in [-0.05, 0) is 76.8 Å². The molecule has 33 heavy (non-hydrogen) atoms. The summed E-state index contributed by atoms with van der Waals surface area (Å²) in [6.45, 7) is 2.46. The molecule has 0 radical (unpaired) electrons. The van der Waals surface area contributed by atoms with E-state index < -0.39 is 0 Å². The van der Waals surface area contributed by atoms with Gasteiger partial charge in [-0.25, -0.2) is 4.98 Å². The van der Waals surface area contributed by atoms with Crippen molar-refractivity contribution < 1.29 is 13.9 Å². The van der Waals surface area contributed by atoms with E-state index in [1.54, 1.807) is 36.4 Å². The molecule has 0 atom stereocenters. The Morgan fingerprint density at radius 3 is 2.70 bits per heavy atom. The molecule has 1 N–H and O–H groups in total. The molecule has 1 heterocycles.